The lowest BCUT2D eigenvalue weighted by Crippen LogP contribution is -2.40. The molecule has 0 bridgehead atoms. The van der Waals surface area contributed by atoms with Crippen molar-refractivity contribution >= 4 is 22.6 Å². The number of fused-ring (bicyclic) bond motifs is 1. The predicted octanol–water partition coefficient (Wildman–Crippen LogP) is 2.45. The summed E-state index contributed by atoms with van der Waals surface area (Å²) in [6.07, 6.45) is 6.83. The summed E-state index contributed by atoms with van der Waals surface area (Å²) in [6.45, 7) is 1.45. The summed E-state index contributed by atoms with van der Waals surface area (Å²) in [7, 11) is 0. The van der Waals surface area contributed by atoms with Crippen LogP contribution in [0, 0.1) is 0 Å². The van der Waals surface area contributed by atoms with E-state index in [1.807, 2.05) is 13.0 Å². The molecule has 1 aliphatic rings. The number of carbonyl (C=O) groups excluding carboxylic acids is 1. The maximum absolute atomic E-state index is 12.5. The molecule has 0 unspecified atom stereocenters. The molecule has 0 saturated carbocycles. The summed E-state index contributed by atoms with van der Waals surface area (Å²) in [5.41, 5.74) is 1.86. The van der Waals surface area contributed by atoms with Gasteiger partial charge < -0.3 is 5.32 Å². The fourth-order valence-electron chi connectivity index (χ4n) is 3.23. The molecular weight excluding hydrogens is 328 g/mol. The van der Waals surface area contributed by atoms with Crippen molar-refractivity contribution < 1.29 is 8.91 Å². The Balaban J connectivity index is 1.56. The van der Waals surface area contributed by atoms with Gasteiger partial charge in [0, 0.05) is 40.5 Å². The molecule has 26 heavy (non-hydrogen) atoms. The van der Waals surface area contributed by atoms with Crippen LogP contribution in [0.15, 0.2) is 36.8 Å². The van der Waals surface area contributed by atoms with Gasteiger partial charge in [0.05, 0.1) is 23.4 Å². The van der Waals surface area contributed by atoms with Gasteiger partial charge in [-0.1, -0.05) is 0 Å². The number of anilines is 1. The van der Waals surface area contributed by atoms with E-state index in [1.54, 1.807) is 18.3 Å². The molecule has 4 heterocycles. The van der Waals surface area contributed by atoms with Crippen molar-refractivity contribution in [3.05, 3.63) is 36.8 Å². The van der Waals surface area contributed by atoms with Crippen molar-refractivity contribution in [3.63, 3.8) is 0 Å². The van der Waals surface area contributed by atoms with Crippen molar-refractivity contribution in [2.75, 3.05) is 18.4 Å². The van der Waals surface area contributed by atoms with E-state index in [9.17, 15) is 4.79 Å². The Morgan fingerprint density at radius 1 is 1.31 bits per heavy atom. The minimum atomic E-state index is -2.33. The monoisotopic (exact) mass is 353 g/mol. The number of rotatable bonds is 4. The molecule has 0 spiro atoms. The average Bonchev–Trinajstić information content (AvgIpc) is 3.38. The number of nitrogens with zero attached hydrogens (tertiary/aromatic N) is 5. The molecule has 0 aromatic carbocycles. The maximum atomic E-state index is 12.5. The lowest BCUT2D eigenvalue weighted by atomic mass is 10.2. The Labute approximate surface area is 156 Å². The second-order valence-corrected chi connectivity index (χ2v) is 6.54. The molecule has 1 aliphatic heterocycles. The van der Waals surface area contributed by atoms with Crippen molar-refractivity contribution in [3.8, 4) is 11.3 Å². The number of hydrogen-bond donors (Lipinski definition) is 1. The highest BCUT2D eigenvalue weighted by atomic mass is 16.2. The second kappa shape index (κ2) is 6.84. The SMILES string of the molecule is [2H]C([2H])([2H])n1cc(-c2ccc3cnc(NC(=O)[C@H](C)N4CCCC4)cc3n2)cn1. The van der Waals surface area contributed by atoms with Gasteiger partial charge in [0.2, 0.25) is 5.91 Å². The van der Waals surface area contributed by atoms with Crippen molar-refractivity contribution in [2.45, 2.75) is 25.8 Å². The first kappa shape index (κ1) is 13.4. The smallest absolute Gasteiger partial charge is 0.242 e. The molecule has 134 valence electrons. The largest absolute Gasteiger partial charge is 0.309 e. The molecule has 1 amide bonds. The van der Waals surface area contributed by atoms with E-state index in [0.717, 1.165) is 36.0 Å². The van der Waals surface area contributed by atoms with Crippen LogP contribution in [0.2, 0.25) is 0 Å². The fourth-order valence-corrected chi connectivity index (χ4v) is 3.23. The molecule has 0 radical (unpaired) electrons. The Bertz CT molecular complexity index is 1040. The molecule has 3 aromatic heterocycles. The number of pyridine rings is 2. The molecule has 1 atom stereocenters. The quantitative estimate of drug-likeness (QED) is 0.780. The maximum Gasteiger partial charge on any atom is 0.242 e. The van der Waals surface area contributed by atoms with Gasteiger partial charge in [0.15, 0.2) is 0 Å². The van der Waals surface area contributed by atoms with Crippen LogP contribution in [-0.4, -0.2) is 49.7 Å². The van der Waals surface area contributed by atoms with E-state index < -0.39 is 6.98 Å². The molecule has 7 nitrogen and oxygen atoms in total. The summed E-state index contributed by atoms with van der Waals surface area (Å²) in [6, 6.07) is 5.16. The van der Waals surface area contributed by atoms with Crippen molar-refractivity contribution in [1.29, 1.82) is 0 Å². The van der Waals surface area contributed by atoms with Crippen LogP contribution < -0.4 is 5.32 Å². The molecular formula is C19H22N6O. The Morgan fingerprint density at radius 3 is 2.92 bits per heavy atom. The van der Waals surface area contributed by atoms with Gasteiger partial charge in [0.25, 0.3) is 0 Å². The third-order valence-electron chi connectivity index (χ3n) is 4.77. The normalized spacial score (nSPS) is 18.3. The van der Waals surface area contributed by atoms with Crippen LogP contribution in [0.4, 0.5) is 5.82 Å². The first-order valence-electron chi connectivity index (χ1n) is 10.2. The Morgan fingerprint density at radius 2 is 2.15 bits per heavy atom. The standard InChI is InChI=1S/C19H22N6O/c1-13(25-7-3-4-8-25)19(26)23-18-9-17-14(10-20-18)5-6-16(22-17)15-11-21-24(2)12-15/h5-6,9-13H,3-4,7-8H2,1-2H3,(H,20,23,26)/t13-/m0/s1/i2D3. The minimum Gasteiger partial charge on any atom is -0.309 e. The first-order chi connectivity index (χ1) is 13.8. The Hall–Kier alpha value is -2.80. The number of aryl methyl sites for hydroxylation is 1. The summed E-state index contributed by atoms with van der Waals surface area (Å²) >= 11 is 0. The van der Waals surface area contributed by atoms with Gasteiger partial charge in [-0.25, -0.2) is 9.97 Å². The summed E-state index contributed by atoms with van der Waals surface area (Å²) < 4.78 is 23.2. The predicted molar refractivity (Wildman–Crippen MR) is 101 cm³/mol. The van der Waals surface area contributed by atoms with Crippen molar-refractivity contribution in [2.24, 2.45) is 6.98 Å². The number of aromatic nitrogens is 4. The van der Waals surface area contributed by atoms with Crippen LogP contribution >= 0.6 is 0 Å². The van der Waals surface area contributed by atoms with Gasteiger partial charge in [-0.2, -0.15) is 5.10 Å². The van der Waals surface area contributed by atoms with Gasteiger partial charge in [-0.3, -0.25) is 14.4 Å². The zero-order valence-corrected chi connectivity index (χ0v) is 14.5. The van der Waals surface area contributed by atoms with E-state index in [-0.39, 0.29) is 11.9 Å². The first-order valence-corrected chi connectivity index (χ1v) is 8.68. The molecule has 4 rings (SSSR count). The lowest BCUT2D eigenvalue weighted by molar-refractivity contribution is -0.120. The molecule has 1 N–H and O–H groups in total. The van der Waals surface area contributed by atoms with Crippen LogP contribution in [0.3, 0.4) is 0 Å². The Kier molecular flexibility index (Phi) is 3.53. The number of likely N-dealkylation sites (tertiary alicyclic amines) is 1. The van der Waals surface area contributed by atoms with Crippen molar-refractivity contribution in [1.82, 2.24) is 24.6 Å². The summed E-state index contributed by atoms with van der Waals surface area (Å²) in [5, 5.41) is 7.59. The molecule has 1 saturated heterocycles. The molecule has 1 fully saturated rings. The zero-order chi connectivity index (χ0) is 20.6. The third kappa shape index (κ3) is 3.30. The highest BCUT2D eigenvalue weighted by Crippen LogP contribution is 2.22. The minimum absolute atomic E-state index is 0.0890. The van der Waals surface area contributed by atoms with Crippen LogP contribution in [0.1, 0.15) is 23.9 Å². The number of carbonyl (C=O) groups is 1. The third-order valence-corrected chi connectivity index (χ3v) is 4.77. The van der Waals surface area contributed by atoms with Crippen LogP contribution in [-0.2, 0) is 11.8 Å². The fraction of sp³-hybridized carbons (Fsp3) is 0.368. The van der Waals surface area contributed by atoms with Gasteiger partial charge >= 0.3 is 0 Å². The average molecular weight is 353 g/mol. The topological polar surface area (TPSA) is 75.9 Å². The number of nitrogens with one attached hydrogen (secondary N) is 1. The van der Waals surface area contributed by atoms with Gasteiger partial charge in [-0.15, -0.1) is 0 Å². The molecule has 3 aromatic rings. The zero-order valence-electron chi connectivity index (χ0n) is 17.5. The van der Waals surface area contributed by atoms with Gasteiger partial charge in [-0.05, 0) is 45.0 Å². The van der Waals surface area contributed by atoms with Gasteiger partial charge in [0.1, 0.15) is 5.82 Å². The number of amides is 1. The summed E-state index contributed by atoms with van der Waals surface area (Å²) in [5.74, 6) is 0.352. The van der Waals surface area contributed by atoms with E-state index >= 15 is 0 Å². The number of hydrogen-bond acceptors (Lipinski definition) is 5. The lowest BCUT2D eigenvalue weighted by Gasteiger charge is -2.22. The van der Waals surface area contributed by atoms with E-state index in [2.05, 4.69) is 25.3 Å². The van der Waals surface area contributed by atoms with Crippen LogP contribution in [0.5, 0.6) is 0 Å². The highest BCUT2D eigenvalue weighted by Gasteiger charge is 2.24. The molecule has 7 heteroatoms. The van der Waals surface area contributed by atoms with E-state index in [4.69, 9.17) is 4.11 Å². The summed E-state index contributed by atoms with van der Waals surface area (Å²) in [4.78, 5) is 23.6. The van der Waals surface area contributed by atoms with E-state index in [0.29, 0.717) is 22.6 Å². The second-order valence-electron chi connectivity index (χ2n) is 6.54. The molecule has 0 aliphatic carbocycles. The van der Waals surface area contributed by atoms with Crippen LogP contribution in [0.25, 0.3) is 22.2 Å². The highest BCUT2D eigenvalue weighted by molar-refractivity contribution is 5.95. The van der Waals surface area contributed by atoms with E-state index in [1.165, 1.54) is 12.4 Å².